The number of hydrogen-bond donors (Lipinski definition) is 1. The Bertz CT molecular complexity index is 969. The number of amides is 1. The molecule has 136 valence electrons. The number of ether oxygens (including phenoxy) is 3. The van der Waals surface area contributed by atoms with E-state index in [9.17, 15) is 4.79 Å². The first kappa shape index (κ1) is 17.0. The fraction of sp³-hybridized carbons (Fsp3) is 0.136. The fourth-order valence-electron chi connectivity index (χ4n) is 3.02. The molecule has 0 spiro atoms. The highest BCUT2D eigenvalue weighted by Gasteiger charge is 2.15. The molecule has 0 saturated heterocycles. The lowest BCUT2D eigenvalue weighted by molar-refractivity contribution is 0.102. The normalized spacial score (nSPS) is 12.3. The van der Waals surface area contributed by atoms with Gasteiger partial charge >= 0.3 is 0 Å². The van der Waals surface area contributed by atoms with Crippen LogP contribution in [-0.4, -0.2) is 26.2 Å². The van der Waals surface area contributed by atoms with Gasteiger partial charge in [-0.1, -0.05) is 30.3 Å². The third kappa shape index (κ3) is 3.58. The van der Waals surface area contributed by atoms with Crippen molar-refractivity contribution in [3.8, 4) is 28.4 Å². The van der Waals surface area contributed by atoms with E-state index in [1.54, 1.807) is 37.4 Å². The van der Waals surface area contributed by atoms with Gasteiger partial charge in [0.25, 0.3) is 5.91 Å². The van der Waals surface area contributed by atoms with Gasteiger partial charge in [-0.2, -0.15) is 0 Å². The summed E-state index contributed by atoms with van der Waals surface area (Å²) in [6.45, 7) is 1.04. The second-order valence-electron chi connectivity index (χ2n) is 6.09. The molecule has 5 nitrogen and oxygen atoms in total. The second-order valence-corrected chi connectivity index (χ2v) is 6.09. The first-order valence-corrected chi connectivity index (χ1v) is 8.69. The number of hydrogen-bond acceptors (Lipinski definition) is 4. The predicted octanol–water partition coefficient (Wildman–Crippen LogP) is 4.39. The highest BCUT2D eigenvalue weighted by atomic mass is 16.6. The van der Waals surface area contributed by atoms with Crippen molar-refractivity contribution in [3.05, 3.63) is 72.3 Å². The number of nitrogens with one attached hydrogen (secondary N) is 1. The number of carbonyl (C=O) groups excluding carboxylic acids is 1. The smallest absolute Gasteiger partial charge is 0.255 e. The van der Waals surface area contributed by atoms with Crippen molar-refractivity contribution >= 4 is 11.6 Å². The van der Waals surface area contributed by atoms with E-state index in [0.29, 0.717) is 36.0 Å². The van der Waals surface area contributed by atoms with Crippen LogP contribution in [0.4, 0.5) is 5.69 Å². The van der Waals surface area contributed by atoms with Crippen LogP contribution < -0.4 is 19.5 Å². The summed E-state index contributed by atoms with van der Waals surface area (Å²) in [5, 5.41) is 2.91. The lowest BCUT2D eigenvalue weighted by Crippen LogP contribution is -2.16. The van der Waals surface area contributed by atoms with E-state index < -0.39 is 0 Å². The number of fused-ring (bicyclic) bond motifs is 1. The molecule has 0 aromatic heterocycles. The summed E-state index contributed by atoms with van der Waals surface area (Å²) in [5.41, 5.74) is 3.06. The zero-order valence-electron chi connectivity index (χ0n) is 14.9. The second kappa shape index (κ2) is 7.41. The van der Waals surface area contributed by atoms with Gasteiger partial charge in [0, 0.05) is 22.9 Å². The van der Waals surface area contributed by atoms with Gasteiger partial charge in [0.1, 0.15) is 19.0 Å². The highest BCUT2D eigenvalue weighted by molar-refractivity contribution is 6.05. The van der Waals surface area contributed by atoms with Crippen LogP contribution in [0.3, 0.4) is 0 Å². The SMILES string of the molecule is COc1ccc(C(=O)Nc2ccc3c(c2)OCCO3)cc1-c1ccccc1. The van der Waals surface area contributed by atoms with Gasteiger partial charge in [-0.25, -0.2) is 0 Å². The van der Waals surface area contributed by atoms with Gasteiger partial charge in [0.15, 0.2) is 11.5 Å². The third-order valence-corrected chi connectivity index (χ3v) is 4.35. The molecule has 0 fully saturated rings. The quantitative estimate of drug-likeness (QED) is 0.749. The van der Waals surface area contributed by atoms with Gasteiger partial charge in [0.05, 0.1) is 7.11 Å². The molecule has 0 radical (unpaired) electrons. The predicted molar refractivity (Wildman–Crippen MR) is 104 cm³/mol. The Labute approximate surface area is 157 Å². The summed E-state index contributed by atoms with van der Waals surface area (Å²) < 4.78 is 16.5. The number of carbonyl (C=O) groups is 1. The first-order chi connectivity index (χ1) is 13.2. The third-order valence-electron chi connectivity index (χ3n) is 4.35. The molecule has 1 amide bonds. The van der Waals surface area contributed by atoms with Crippen LogP contribution in [0.2, 0.25) is 0 Å². The lowest BCUT2D eigenvalue weighted by atomic mass is 10.0. The zero-order valence-corrected chi connectivity index (χ0v) is 14.9. The molecule has 1 aliphatic heterocycles. The summed E-state index contributed by atoms with van der Waals surface area (Å²) in [6.07, 6.45) is 0. The van der Waals surface area contributed by atoms with E-state index in [1.165, 1.54) is 0 Å². The Morgan fingerprint density at radius 2 is 1.70 bits per heavy atom. The van der Waals surface area contributed by atoms with E-state index in [0.717, 1.165) is 16.9 Å². The molecule has 0 saturated carbocycles. The lowest BCUT2D eigenvalue weighted by Gasteiger charge is -2.19. The van der Waals surface area contributed by atoms with Crippen molar-refractivity contribution in [3.63, 3.8) is 0 Å². The molecule has 0 unspecified atom stereocenters. The summed E-state index contributed by atoms with van der Waals surface area (Å²) in [5.74, 6) is 1.84. The number of benzene rings is 3. The average molecular weight is 361 g/mol. The molecule has 4 rings (SSSR count). The van der Waals surface area contributed by atoms with Gasteiger partial charge in [-0.3, -0.25) is 4.79 Å². The molecule has 1 N–H and O–H groups in total. The molecule has 3 aromatic carbocycles. The molecule has 3 aromatic rings. The molecule has 5 heteroatoms. The van der Waals surface area contributed by atoms with Crippen LogP contribution in [0, 0.1) is 0 Å². The number of rotatable bonds is 4. The zero-order chi connectivity index (χ0) is 18.6. The van der Waals surface area contributed by atoms with Crippen molar-refractivity contribution < 1.29 is 19.0 Å². The Morgan fingerprint density at radius 3 is 2.48 bits per heavy atom. The highest BCUT2D eigenvalue weighted by Crippen LogP contribution is 2.33. The Morgan fingerprint density at radius 1 is 0.926 bits per heavy atom. The van der Waals surface area contributed by atoms with E-state index in [4.69, 9.17) is 14.2 Å². The van der Waals surface area contributed by atoms with Crippen LogP contribution in [0.15, 0.2) is 66.7 Å². The first-order valence-electron chi connectivity index (χ1n) is 8.69. The van der Waals surface area contributed by atoms with Crippen LogP contribution in [0.1, 0.15) is 10.4 Å². The standard InChI is InChI=1S/C22H19NO4/c1-25-19-9-7-16(13-18(19)15-5-3-2-4-6-15)22(24)23-17-8-10-20-21(14-17)27-12-11-26-20/h2-10,13-14H,11-12H2,1H3,(H,23,24). The topological polar surface area (TPSA) is 56.8 Å². The maximum atomic E-state index is 12.7. The largest absolute Gasteiger partial charge is 0.496 e. The Balaban J connectivity index is 1.60. The minimum atomic E-state index is -0.202. The minimum Gasteiger partial charge on any atom is -0.496 e. The summed E-state index contributed by atoms with van der Waals surface area (Å²) in [4.78, 5) is 12.7. The Kier molecular flexibility index (Phi) is 4.66. The summed E-state index contributed by atoms with van der Waals surface area (Å²) in [6, 6.07) is 20.6. The number of methoxy groups -OCH3 is 1. The molecule has 0 atom stereocenters. The van der Waals surface area contributed by atoms with Crippen LogP contribution >= 0.6 is 0 Å². The van der Waals surface area contributed by atoms with Crippen molar-refractivity contribution in [2.75, 3.05) is 25.6 Å². The molecule has 1 aliphatic rings. The summed E-state index contributed by atoms with van der Waals surface area (Å²) in [7, 11) is 1.62. The van der Waals surface area contributed by atoms with E-state index >= 15 is 0 Å². The minimum absolute atomic E-state index is 0.202. The molecular weight excluding hydrogens is 342 g/mol. The van der Waals surface area contributed by atoms with Crippen LogP contribution in [-0.2, 0) is 0 Å². The van der Waals surface area contributed by atoms with E-state index in [2.05, 4.69) is 5.32 Å². The molecule has 0 bridgehead atoms. The molecule has 1 heterocycles. The van der Waals surface area contributed by atoms with E-state index in [-0.39, 0.29) is 5.91 Å². The van der Waals surface area contributed by atoms with Gasteiger partial charge < -0.3 is 19.5 Å². The van der Waals surface area contributed by atoms with Gasteiger partial charge in [0.2, 0.25) is 0 Å². The maximum Gasteiger partial charge on any atom is 0.255 e. The number of anilines is 1. The van der Waals surface area contributed by atoms with Crippen molar-refractivity contribution in [1.82, 2.24) is 0 Å². The van der Waals surface area contributed by atoms with Crippen molar-refractivity contribution in [2.24, 2.45) is 0 Å². The maximum absolute atomic E-state index is 12.7. The van der Waals surface area contributed by atoms with Crippen LogP contribution in [0.5, 0.6) is 17.2 Å². The average Bonchev–Trinajstić information content (AvgIpc) is 2.73. The molecule has 27 heavy (non-hydrogen) atoms. The van der Waals surface area contributed by atoms with Crippen molar-refractivity contribution in [1.29, 1.82) is 0 Å². The fourth-order valence-corrected chi connectivity index (χ4v) is 3.02. The van der Waals surface area contributed by atoms with Crippen molar-refractivity contribution in [2.45, 2.75) is 0 Å². The van der Waals surface area contributed by atoms with Crippen LogP contribution in [0.25, 0.3) is 11.1 Å². The summed E-state index contributed by atoms with van der Waals surface area (Å²) >= 11 is 0. The molecular formula is C22H19NO4. The monoisotopic (exact) mass is 361 g/mol. The molecule has 0 aliphatic carbocycles. The van der Waals surface area contributed by atoms with Gasteiger partial charge in [-0.15, -0.1) is 0 Å². The van der Waals surface area contributed by atoms with E-state index in [1.807, 2.05) is 36.4 Å². The Hall–Kier alpha value is -3.47. The van der Waals surface area contributed by atoms with Gasteiger partial charge in [-0.05, 0) is 35.9 Å².